The Bertz CT molecular complexity index is 1410. The minimum Gasteiger partial charge on any atom is -0.368 e. The number of hydrogen-bond acceptors (Lipinski definition) is 9. The van der Waals surface area contributed by atoms with Crippen molar-refractivity contribution in [2.45, 2.75) is 26.2 Å². The van der Waals surface area contributed by atoms with Crippen molar-refractivity contribution in [3.05, 3.63) is 75.4 Å². The Balaban J connectivity index is 1.26. The standard InChI is InChI=1S/C26H27F4IN8O/c1-16-15-39(17(2)35-16)22-10-18(26(28,29)30)9-21(11-22)36-20-4-3-19(32-12-20)13-34-38-25-33-14-23(27)24(37-25)31-5-7-40-8-6-31/h3-4,9-15,17,35-36H,5-8H2,1-2H3,(H,33,37,38)/b34-13+. The van der Waals surface area contributed by atoms with Gasteiger partial charge in [-0.05, 0) is 32.0 Å². The third kappa shape index (κ3) is 6.78. The topological polar surface area (TPSA) is 99.6 Å². The minimum atomic E-state index is -4.50. The maximum Gasteiger partial charge on any atom is 0.416 e. The molecule has 14 heteroatoms. The molecular formula is C26H27F4IN8O. The van der Waals surface area contributed by atoms with Crippen LogP contribution in [0.4, 0.5) is 40.6 Å². The summed E-state index contributed by atoms with van der Waals surface area (Å²) in [5, 5.41) is 10.3. The van der Waals surface area contributed by atoms with E-state index in [0.717, 1.165) is 32.9 Å². The number of aromatic nitrogens is 3. The van der Waals surface area contributed by atoms with E-state index in [4.69, 9.17) is 4.74 Å². The number of rotatable bonds is 7. The molecular weight excluding hydrogens is 643 g/mol. The molecule has 1 fully saturated rings. The predicted molar refractivity (Wildman–Crippen MR) is 154 cm³/mol. The molecule has 9 nitrogen and oxygen atoms in total. The fourth-order valence-corrected chi connectivity index (χ4v) is 8.87. The van der Waals surface area contributed by atoms with Crippen LogP contribution in [0.1, 0.15) is 25.1 Å². The van der Waals surface area contributed by atoms with Crippen LogP contribution < -0.4 is 21.0 Å². The molecule has 3 aromatic rings. The van der Waals surface area contributed by atoms with Crippen molar-refractivity contribution in [2.24, 2.45) is 5.10 Å². The number of alkyl halides is 5. The first-order valence-corrected chi connectivity index (χ1v) is 16.5. The van der Waals surface area contributed by atoms with Crippen LogP contribution in [0.3, 0.4) is 0 Å². The van der Waals surface area contributed by atoms with Crippen LogP contribution in [-0.4, -0.2) is 49.4 Å². The second-order valence-corrected chi connectivity index (χ2v) is 14.8. The van der Waals surface area contributed by atoms with Gasteiger partial charge in [0.25, 0.3) is 0 Å². The Morgan fingerprint density at radius 3 is 2.60 bits per heavy atom. The van der Waals surface area contributed by atoms with Gasteiger partial charge in [0.2, 0.25) is 0 Å². The second kappa shape index (κ2) is 11.9. The molecule has 0 amide bonds. The molecule has 212 valence electrons. The molecule has 0 bridgehead atoms. The molecule has 0 aliphatic carbocycles. The van der Waals surface area contributed by atoms with Crippen molar-refractivity contribution in [2.75, 3.05) is 37.7 Å². The molecule has 1 unspecified atom stereocenters. The Morgan fingerprint density at radius 2 is 1.93 bits per heavy atom. The Morgan fingerprint density at radius 1 is 1.12 bits per heavy atom. The summed E-state index contributed by atoms with van der Waals surface area (Å²) in [6, 6.07) is 7.19. The zero-order valence-electron chi connectivity index (χ0n) is 21.6. The van der Waals surface area contributed by atoms with Crippen molar-refractivity contribution in [1.29, 1.82) is 0 Å². The number of nitrogens with one attached hydrogen (secondary N) is 3. The van der Waals surface area contributed by atoms with Gasteiger partial charge < -0.3 is 10.2 Å². The first kappa shape index (κ1) is 28.0. The number of allylic oxidation sites excluding steroid dienone is 1. The molecule has 1 aromatic carbocycles. The minimum absolute atomic E-state index is 0.179. The third-order valence-electron chi connectivity index (χ3n) is 6.02. The van der Waals surface area contributed by atoms with E-state index < -0.39 is 37.4 Å². The summed E-state index contributed by atoms with van der Waals surface area (Å²) in [6.07, 6.45) is 1.19. The van der Waals surface area contributed by atoms with E-state index in [1.54, 1.807) is 29.3 Å². The van der Waals surface area contributed by atoms with Crippen molar-refractivity contribution < 1.29 is 22.3 Å². The summed E-state index contributed by atoms with van der Waals surface area (Å²) >= 11 is -1.74. The number of nitrogens with zero attached hydrogens (tertiary/aromatic N) is 5. The summed E-state index contributed by atoms with van der Waals surface area (Å²) in [7, 11) is 0. The van der Waals surface area contributed by atoms with Crippen LogP contribution in [0.25, 0.3) is 0 Å². The van der Waals surface area contributed by atoms with Crippen LogP contribution in [0, 0.1) is 9.52 Å². The molecule has 1 saturated heterocycles. The van der Waals surface area contributed by atoms with Crippen molar-refractivity contribution in [1.82, 2.24) is 20.3 Å². The number of ether oxygens (including phenoxy) is 1. The van der Waals surface area contributed by atoms with Crippen LogP contribution in [0.15, 0.2) is 59.7 Å². The van der Waals surface area contributed by atoms with Crippen LogP contribution in [0.2, 0.25) is 0 Å². The van der Waals surface area contributed by atoms with E-state index in [2.05, 4.69) is 36.1 Å². The average molecular weight is 670 g/mol. The number of anilines is 4. The zero-order chi connectivity index (χ0) is 28.3. The number of hydrazone groups is 1. The van der Waals surface area contributed by atoms with Gasteiger partial charge in [-0.15, -0.1) is 0 Å². The predicted octanol–water partition coefficient (Wildman–Crippen LogP) is 5.54. The van der Waals surface area contributed by atoms with E-state index >= 15 is 0 Å². The maximum absolute atomic E-state index is 14.3. The van der Waals surface area contributed by atoms with Gasteiger partial charge >= 0.3 is 151 Å². The van der Waals surface area contributed by atoms with E-state index in [0.29, 0.717) is 34.0 Å². The molecule has 3 N–H and O–H groups in total. The van der Waals surface area contributed by atoms with Crippen molar-refractivity contribution in [3.8, 4) is 0 Å². The smallest absolute Gasteiger partial charge is 0.368 e. The maximum atomic E-state index is 14.3. The Hall–Kier alpha value is -3.53. The van der Waals surface area contributed by atoms with Gasteiger partial charge in [0.15, 0.2) is 0 Å². The SMILES string of the molecule is CC1=CN(c2cc(Nc3ccc(/C=N/Nc4ncc(F)c(I5CCOCC5)n4)nc3)cc(C(F)(F)F)c2)C(C)N1. The fourth-order valence-electron chi connectivity index (χ4n) is 4.19. The summed E-state index contributed by atoms with van der Waals surface area (Å²) in [6.45, 7) is 4.99. The van der Waals surface area contributed by atoms with Crippen LogP contribution in [0.5, 0.6) is 0 Å². The first-order chi connectivity index (χ1) is 19.2. The molecule has 2 aliphatic heterocycles. The summed E-state index contributed by atoms with van der Waals surface area (Å²) in [5.74, 6) is -0.194. The Kier molecular flexibility index (Phi) is 8.35. The number of hydrogen-bond donors (Lipinski definition) is 3. The fraction of sp³-hybridized carbons (Fsp3) is 0.308. The van der Waals surface area contributed by atoms with Crippen molar-refractivity contribution >= 4 is 49.0 Å². The van der Waals surface area contributed by atoms with Crippen LogP contribution >= 0.6 is 19.8 Å². The quantitative estimate of drug-likeness (QED) is 0.0753. The number of pyridine rings is 1. The third-order valence-corrected chi connectivity index (χ3v) is 11.7. The van der Waals surface area contributed by atoms with Gasteiger partial charge in [0.05, 0.1) is 5.56 Å². The molecule has 1 atom stereocenters. The molecule has 0 radical (unpaired) electrons. The molecule has 40 heavy (non-hydrogen) atoms. The second-order valence-electron chi connectivity index (χ2n) is 9.05. The Labute approximate surface area is 235 Å². The largest absolute Gasteiger partial charge is 0.416 e. The number of benzene rings is 1. The zero-order valence-corrected chi connectivity index (χ0v) is 23.8. The van der Waals surface area contributed by atoms with E-state index in [9.17, 15) is 17.6 Å². The number of halogens is 5. The van der Waals surface area contributed by atoms with Gasteiger partial charge in [-0.3, -0.25) is 0 Å². The summed E-state index contributed by atoms with van der Waals surface area (Å²) < 4.78 is 62.7. The van der Waals surface area contributed by atoms with Gasteiger partial charge in [-0.1, -0.05) is 0 Å². The molecule has 0 saturated carbocycles. The molecule has 5 rings (SSSR count). The molecule has 2 aromatic heterocycles. The van der Waals surface area contributed by atoms with E-state index in [1.165, 1.54) is 12.4 Å². The van der Waals surface area contributed by atoms with E-state index in [1.807, 2.05) is 13.8 Å². The molecule has 0 spiro atoms. The van der Waals surface area contributed by atoms with Crippen molar-refractivity contribution in [3.63, 3.8) is 0 Å². The monoisotopic (exact) mass is 670 g/mol. The molecule has 2 aliphatic rings. The normalized spacial score (nSPS) is 18.6. The molecule has 4 heterocycles. The first-order valence-electron chi connectivity index (χ1n) is 12.4. The van der Waals surface area contributed by atoms with Gasteiger partial charge in [0, 0.05) is 17.6 Å². The van der Waals surface area contributed by atoms with E-state index in [-0.39, 0.29) is 17.8 Å². The van der Waals surface area contributed by atoms with Gasteiger partial charge in [-0.2, -0.15) is 13.2 Å². The average Bonchev–Trinajstić information content (AvgIpc) is 3.28. The summed E-state index contributed by atoms with van der Waals surface area (Å²) in [4.78, 5) is 14.3. The van der Waals surface area contributed by atoms with Gasteiger partial charge in [0.1, 0.15) is 6.17 Å². The van der Waals surface area contributed by atoms with Crippen LogP contribution in [-0.2, 0) is 10.9 Å². The summed E-state index contributed by atoms with van der Waals surface area (Å²) in [5.41, 5.74) is 4.49. The van der Waals surface area contributed by atoms with Gasteiger partial charge in [-0.25, -0.2) is 0 Å².